The van der Waals surface area contributed by atoms with Gasteiger partial charge in [0, 0.05) is 0 Å². The van der Waals surface area contributed by atoms with Crippen LogP contribution in [0.3, 0.4) is 0 Å². The number of thioether (sulfide) groups is 1. The third-order valence-corrected chi connectivity index (χ3v) is 4.59. The monoisotopic (exact) mass is 355 g/mol. The van der Waals surface area contributed by atoms with Gasteiger partial charge in [-0.05, 0) is 11.0 Å². The van der Waals surface area contributed by atoms with Gasteiger partial charge in [-0.2, -0.15) is 0 Å². The molecule has 3 atom stereocenters. The molecule has 1 aromatic carbocycles. The lowest BCUT2D eigenvalue weighted by Crippen LogP contribution is -2.68. The molecule has 0 bridgehead atoms. The standard InChI is InChI=1S/C14H14ClN3O4S/c15-8(14(21)22)6-23-13-10(12(20)18-13)17-11(19)9(16)7-4-2-1-3-5-7/h1-6,9-10,13H,16H2,(H,17,19)(H,18,20)(H,21,22)/t9-,10-,13-/m1/s1. The molecule has 1 aliphatic rings. The number of carboxylic acids is 1. The van der Waals surface area contributed by atoms with E-state index in [1.165, 1.54) is 5.41 Å². The molecule has 0 saturated carbocycles. The lowest BCUT2D eigenvalue weighted by atomic mass is 10.1. The van der Waals surface area contributed by atoms with Crippen molar-refractivity contribution in [1.29, 1.82) is 0 Å². The molecule has 1 heterocycles. The van der Waals surface area contributed by atoms with E-state index in [1.807, 2.05) is 0 Å². The number of hydrogen-bond donors (Lipinski definition) is 4. The number of rotatable bonds is 6. The average molecular weight is 356 g/mol. The van der Waals surface area contributed by atoms with E-state index in [-0.39, 0.29) is 10.9 Å². The summed E-state index contributed by atoms with van der Waals surface area (Å²) in [4.78, 5) is 34.3. The van der Waals surface area contributed by atoms with Crippen molar-refractivity contribution < 1.29 is 19.5 Å². The molecule has 1 aromatic rings. The predicted molar refractivity (Wildman–Crippen MR) is 86.4 cm³/mol. The number of benzene rings is 1. The second kappa shape index (κ2) is 7.49. The number of halogens is 1. The summed E-state index contributed by atoms with van der Waals surface area (Å²) < 4.78 is 0. The van der Waals surface area contributed by atoms with Gasteiger partial charge in [-0.15, -0.1) is 11.8 Å². The van der Waals surface area contributed by atoms with Crippen LogP contribution in [-0.2, 0) is 14.4 Å². The lowest BCUT2D eigenvalue weighted by Gasteiger charge is -2.36. The zero-order valence-corrected chi connectivity index (χ0v) is 13.3. The highest BCUT2D eigenvalue weighted by molar-refractivity contribution is 8.03. The number of nitrogens with one attached hydrogen (secondary N) is 2. The SMILES string of the molecule is N[C@@H](C(=O)N[C@@H]1C(=O)N[C@@H]1SC=C(Cl)C(=O)O)c1ccccc1. The van der Waals surface area contributed by atoms with E-state index >= 15 is 0 Å². The number of β-lactam (4-membered cyclic amide) rings is 1. The van der Waals surface area contributed by atoms with E-state index in [0.29, 0.717) is 5.56 Å². The highest BCUT2D eigenvalue weighted by atomic mass is 35.5. The van der Waals surface area contributed by atoms with Crippen molar-refractivity contribution in [3.8, 4) is 0 Å². The van der Waals surface area contributed by atoms with Crippen LogP contribution in [0.15, 0.2) is 40.8 Å². The Labute approximate surface area is 141 Å². The Kier molecular flexibility index (Phi) is 5.64. The zero-order chi connectivity index (χ0) is 17.0. The van der Waals surface area contributed by atoms with Crippen molar-refractivity contribution >= 4 is 41.1 Å². The minimum absolute atomic E-state index is 0.365. The largest absolute Gasteiger partial charge is 0.477 e. The van der Waals surface area contributed by atoms with E-state index in [4.69, 9.17) is 22.4 Å². The molecule has 5 N–H and O–H groups in total. The molecular formula is C14H14ClN3O4S. The van der Waals surface area contributed by atoms with Gasteiger partial charge in [0.25, 0.3) is 0 Å². The first-order valence-corrected chi connectivity index (χ1v) is 7.88. The fourth-order valence-electron chi connectivity index (χ4n) is 1.85. The molecule has 2 amide bonds. The summed E-state index contributed by atoms with van der Waals surface area (Å²) in [6, 6.07) is 7.06. The van der Waals surface area contributed by atoms with E-state index < -0.39 is 29.3 Å². The molecule has 0 aromatic heterocycles. The first kappa shape index (κ1) is 17.3. The molecule has 2 rings (SSSR count). The zero-order valence-electron chi connectivity index (χ0n) is 11.7. The first-order valence-electron chi connectivity index (χ1n) is 6.56. The second-order valence-corrected chi connectivity index (χ2v) is 6.13. The van der Waals surface area contributed by atoms with Crippen LogP contribution in [0.5, 0.6) is 0 Å². The van der Waals surface area contributed by atoms with Crippen molar-refractivity contribution in [2.75, 3.05) is 0 Å². The third-order valence-electron chi connectivity index (χ3n) is 3.13. The topological polar surface area (TPSA) is 122 Å². The number of carbonyl (C=O) groups excluding carboxylic acids is 2. The molecule has 0 unspecified atom stereocenters. The molecule has 1 aliphatic heterocycles. The van der Waals surface area contributed by atoms with Crippen molar-refractivity contribution in [3.63, 3.8) is 0 Å². The Bertz CT molecular complexity index is 653. The summed E-state index contributed by atoms with van der Waals surface area (Å²) in [7, 11) is 0. The van der Waals surface area contributed by atoms with Gasteiger partial charge in [-0.3, -0.25) is 9.59 Å². The van der Waals surface area contributed by atoms with E-state index in [2.05, 4.69) is 10.6 Å². The van der Waals surface area contributed by atoms with Crippen LogP contribution in [0.25, 0.3) is 0 Å². The number of amides is 2. The number of carboxylic acid groups (broad SMARTS) is 1. The van der Waals surface area contributed by atoms with Crippen molar-refractivity contribution in [2.45, 2.75) is 17.5 Å². The second-order valence-electron chi connectivity index (χ2n) is 4.71. The molecule has 0 spiro atoms. The smallest absolute Gasteiger partial charge is 0.347 e. The van der Waals surface area contributed by atoms with E-state index in [9.17, 15) is 14.4 Å². The van der Waals surface area contributed by atoms with Crippen molar-refractivity contribution in [1.82, 2.24) is 10.6 Å². The highest BCUT2D eigenvalue weighted by Crippen LogP contribution is 2.24. The molecule has 1 saturated heterocycles. The first-order chi connectivity index (χ1) is 10.9. The fraction of sp³-hybridized carbons (Fsp3) is 0.214. The maximum atomic E-state index is 12.1. The number of carbonyl (C=O) groups is 3. The fourth-order valence-corrected chi connectivity index (χ4v) is 2.90. The van der Waals surface area contributed by atoms with E-state index in [1.54, 1.807) is 30.3 Å². The Morgan fingerprint density at radius 3 is 2.61 bits per heavy atom. The van der Waals surface area contributed by atoms with Gasteiger partial charge in [-0.1, -0.05) is 41.9 Å². The molecule has 0 aliphatic carbocycles. The van der Waals surface area contributed by atoms with Crippen LogP contribution in [0.4, 0.5) is 0 Å². The Morgan fingerprint density at radius 1 is 1.39 bits per heavy atom. The summed E-state index contributed by atoms with van der Waals surface area (Å²) in [5, 5.41) is 14.1. The van der Waals surface area contributed by atoms with Crippen LogP contribution >= 0.6 is 23.4 Å². The number of aliphatic carboxylic acids is 1. The van der Waals surface area contributed by atoms with Gasteiger partial charge in [-0.25, -0.2) is 4.79 Å². The minimum Gasteiger partial charge on any atom is -0.477 e. The van der Waals surface area contributed by atoms with Gasteiger partial charge in [0.1, 0.15) is 22.5 Å². The summed E-state index contributed by atoms with van der Waals surface area (Å²) in [5.41, 5.74) is 6.48. The van der Waals surface area contributed by atoms with Crippen LogP contribution in [0.2, 0.25) is 0 Å². The Hall–Kier alpha value is -2.03. The third kappa shape index (κ3) is 4.25. The van der Waals surface area contributed by atoms with Crippen molar-refractivity contribution in [3.05, 3.63) is 46.3 Å². The normalized spacial score (nSPS) is 21.8. The van der Waals surface area contributed by atoms with Crippen LogP contribution in [0, 0.1) is 0 Å². The van der Waals surface area contributed by atoms with Crippen LogP contribution in [-0.4, -0.2) is 34.3 Å². The molecule has 7 nitrogen and oxygen atoms in total. The summed E-state index contributed by atoms with van der Waals surface area (Å²) in [5.74, 6) is -2.12. The average Bonchev–Trinajstić information content (AvgIpc) is 2.55. The van der Waals surface area contributed by atoms with Gasteiger partial charge >= 0.3 is 5.97 Å². The Morgan fingerprint density at radius 2 is 2.04 bits per heavy atom. The molecule has 23 heavy (non-hydrogen) atoms. The summed E-state index contributed by atoms with van der Waals surface area (Å²) in [6.45, 7) is 0. The highest BCUT2D eigenvalue weighted by Gasteiger charge is 2.41. The minimum atomic E-state index is -1.27. The van der Waals surface area contributed by atoms with E-state index in [0.717, 1.165) is 11.8 Å². The van der Waals surface area contributed by atoms with Gasteiger partial charge in [0.2, 0.25) is 11.8 Å². The van der Waals surface area contributed by atoms with Crippen LogP contribution < -0.4 is 16.4 Å². The van der Waals surface area contributed by atoms with Gasteiger partial charge in [0.15, 0.2) is 0 Å². The molecule has 1 fully saturated rings. The van der Waals surface area contributed by atoms with Crippen molar-refractivity contribution in [2.24, 2.45) is 5.73 Å². The molecule has 0 radical (unpaired) electrons. The number of nitrogens with two attached hydrogens (primary N) is 1. The van der Waals surface area contributed by atoms with Gasteiger partial charge in [0.05, 0.1) is 0 Å². The maximum Gasteiger partial charge on any atom is 0.347 e. The van der Waals surface area contributed by atoms with Crippen LogP contribution in [0.1, 0.15) is 11.6 Å². The summed E-state index contributed by atoms with van der Waals surface area (Å²) in [6.07, 6.45) is 0. The Balaban J connectivity index is 1.95. The van der Waals surface area contributed by atoms with Gasteiger partial charge < -0.3 is 21.5 Å². The summed E-state index contributed by atoms with van der Waals surface area (Å²) >= 11 is 6.48. The number of hydrogen-bond acceptors (Lipinski definition) is 5. The molecule has 122 valence electrons. The molecule has 9 heteroatoms. The quantitative estimate of drug-likeness (QED) is 0.436. The molecular weight excluding hydrogens is 342 g/mol. The maximum absolute atomic E-state index is 12.1. The lowest BCUT2D eigenvalue weighted by molar-refractivity contribution is -0.134. The predicted octanol–water partition coefficient (Wildman–Crippen LogP) is 0.525.